The van der Waals surface area contributed by atoms with Crippen molar-refractivity contribution in [2.45, 2.75) is 26.2 Å². The highest BCUT2D eigenvalue weighted by atomic mass is 32.1. The molecule has 0 spiro atoms. The maximum absolute atomic E-state index is 4.16. The molecule has 2 aromatic heterocycles. The monoisotopic (exact) mass is 244 g/mol. The summed E-state index contributed by atoms with van der Waals surface area (Å²) < 4.78 is 0. The third-order valence-electron chi connectivity index (χ3n) is 2.39. The van der Waals surface area contributed by atoms with E-state index in [2.05, 4.69) is 48.9 Å². The molecule has 0 amide bonds. The first kappa shape index (κ1) is 12.0. The Balaban J connectivity index is 2.15. The highest BCUT2D eigenvalue weighted by Crippen LogP contribution is 2.30. The first-order valence-electron chi connectivity index (χ1n) is 5.60. The molecule has 0 unspecified atom stereocenters. The van der Waals surface area contributed by atoms with Crippen LogP contribution < -0.4 is 0 Å². The SMILES string of the molecule is CC(C)(C)c1ccc(/C=C/c2ccncn2)s1. The van der Waals surface area contributed by atoms with Gasteiger partial charge in [-0.1, -0.05) is 20.8 Å². The molecule has 88 valence electrons. The van der Waals surface area contributed by atoms with Crippen molar-refractivity contribution in [2.75, 3.05) is 0 Å². The maximum Gasteiger partial charge on any atom is 0.115 e. The predicted octanol–water partition coefficient (Wildman–Crippen LogP) is 4.01. The molecule has 2 rings (SSSR count). The van der Waals surface area contributed by atoms with E-state index in [9.17, 15) is 0 Å². The molecule has 3 heteroatoms. The lowest BCUT2D eigenvalue weighted by molar-refractivity contribution is 0.604. The van der Waals surface area contributed by atoms with Crippen molar-refractivity contribution < 1.29 is 0 Å². The number of hydrogen-bond acceptors (Lipinski definition) is 3. The molecule has 0 bridgehead atoms. The van der Waals surface area contributed by atoms with Crippen molar-refractivity contribution in [3.05, 3.63) is 46.2 Å². The lowest BCUT2D eigenvalue weighted by atomic mass is 9.95. The molecule has 0 aromatic carbocycles. The number of hydrogen-bond donors (Lipinski definition) is 0. The summed E-state index contributed by atoms with van der Waals surface area (Å²) in [4.78, 5) is 10.7. The van der Waals surface area contributed by atoms with Gasteiger partial charge < -0.3 is 0 Å². The zero-order chi connectivity index (χ0) is 12.3. The Morgan fingerprint density at radius 1 is 1.12 bits per heavy atom. The van der Waals surface area contributed by atoms with E-state index in [0.717, 1.165) is 5.69 Å². The van der Waals surface area contributed by atoms with Gasteiger partial charge in [0, 0.05) is 16.0 Å². The number of aromatic nitrogens is 2. The summed E-state index contributed by atoms with van der Waals surface area (Å²) in [5.74, 6) is 0. The molecule has 17 heavy (non-hydrogen) atoms. The van der Waals surface area contributed by atoms with Crippen LogP contribution in [0, 0.1) is 0 Å². The van der Waals surface area contributed by atoms with Gasteiger partial charge in [-0.2, -0.15) is 0 Å². The van der Waals surface area contributed by atoms with Crippen LogP contribution in [0.5, 0.6) is 0 Å². The molecular formula is C14H16N2S. The van der Waals surface area contributed by atoms with E-state index in [4.69, 9.17) is 0 Å². The van der Waals surface area contributed by atoms with Gasteiger partial charge in [0.1, 0.15) is 6.33 Å². The quantitative estimate of drug-likeness (QED) is 0.797. The van der Waals surface area contributed by atoms with Crippen LogP contribution in [0.4, 0.5) is 0 Å². The summed E-state index contributed by atoms with van der Waals surface area (Å²) >= 11 is 1.83. The summed E-state index contributed by atoms with van der Waals surface area (Å²) in [7, 11) is 0. The minimum Gasteiger partial charge on any atom is -0.245 e. The highest BCUT2D eigenvalue weighted by Gasteiger charge is 2.15. The lowest BCUT2D eigenvalue weighted by Crippen LogP contribution is -2.07. The standard InChI is InChI=1S/C14H16N2S/c1-14(2,3)13-7-6-12(17-13)5-4-11-8-9-15-10-16-11/h4-10H,1-3H3/b5-4+. The third kappa shape index (κ3) is 3.24. The Hall–Kier alpha value is -1.48. The molecule has 0 aliphatic carbocycles. The van der Waals surface area contributed by atoms with Crippen LogP contribution in [-0.2, 0) is 5.41 Å². The molecule has 0 aliphatic rings. The van der Waals surface area contributed by atoms with Gasteiger partial charge in [0.2, 0.25) is 0 Å². The summed E-state index contributed by atoms with van der Waals surface area (Å²) in [6, 6.07) is 6.25. The van der Waals surface area contributed by atoms with Gasteiger partial charge in [-0.15, -0.1) is 11.3 Å². The van der Waals surface area contributed by atoms with E-state index in [-0.39, 0.29) is 5.41 Å². The van der Waals surface area contributed by atoms with Crippen LogP contribution in [0.2, 0.25) is 0 Å². The minimum absolute atomic E-state index is 0.228. The largest absolute Gasteiger partial charge is 0.245 e. The average Bonchev–Trinajstić information content (AvgIpc) is 2.76. The summed E-state index contributed by atoms with van der Waals surface area (Å²) in [5.41, 5.74) is 1.16. The topological polar surface area (TPSA) is 25.8 Å². The Bertz CT molecular complexity index is 507. The summed E-state index contributed by atoms with van der Waals surface area (Å²) in [6.07, 6.45) is 7.43. The van der Waals surface area contributed by atoms with Crippen molar-refractivity contribution in [1.29, 1.82) is 0 Å². The van der Waals surface area contributed by atoms with Crippen LogP contribution in [0.25, 0.3) is 12.2 Å². The Morgan fingerprint density at radius 3 is 2.53 bits per heavy atom. The van der Waals surface area contributed by atoms with Crippen molar-refractivity contribution in [3.63, 3.8) is 0 Å². The summed E-state index contributed by atoms with van der Waals surface area (Å²) in [5, 5.41) is 0. The maximum atomic E-state index is 4.16. The first-order valence-corrected chi connectivity index (χ1v) is 6.42. The van der Waals surface area contributed by atoms with Crippen LogP contribution in [-0.4, -0.2) is 9.97 Å². The molecule has 0 aliphatic heterocycles. The molecule has 2 heterocycles. The zero-order valence-corrected chi connectivity index (χ0v) is 11.2. The van der Waals surface area contributed by atoms with E-state index >= 15 is 0 Å². The van der Waals surface area contributed by atoms with Crippen LogP contribution in [0.3, 0.4) is 0 Å². The van der Waals surface area contributed by atoms with Gasteiger partial charge in [0.15, 0.2) is 0 Å². The van der Waals surface area contributed by atoms with Crippen molar-refractivity contribution >= 4 is 23.5 Å². The molecule has 0 N–H and O–H groups in total. The molecule has 2 nitrogen and oxygen atoms in total. The van der Waals surface area contributed by atoms with Crippen LogP contribution in [0.15, 0.2) is 30.7 Å². The first-order chi connectivity index (χ1) is 8.05. The fourth-order valence-electron chi connectivity index (χ4n) is 1.41. The fraction of sp³-hybridized carbons (Fsp3) is 0.286. The number of rotatable bonds is 2. The highest BCUT2D eigenvalue weighted by molar-refractivity contribution is 7.13. The second-order valence-electron chi connectivity index (χ2n) is 4.92. The van der Waals surface area contributed by atoms with Crippen molar-refractivity contribution in [2.24, 2.45) is 0 Å². The van der Waals surface area contributed by atoms with Crippen molar-refractivity contribution in [1.82, 2.24) is 9.97 Å². The Morgan fingerprint density at radius 2 is 1.94 bits per heavy atom. The normalized spacial score (nSPS) is 12.2. The van der Waals surface area contributed by atoms with Crippen molar-refractivity contribution in [3.8, 4) is 0 Å². The average molecular weight is 244 g/mol. The van der Waals surface area contributed by atoms with Gasteiger partial charge in [0.25, 0.3) is 0 Å². The van der Waals surface area contributed by atoms with E-state index in [0.29, 0.717) is 0 Å². The minimum atomic E-state index is 0.228. The van der Waals surface area contributed by atoms with Gasteiger partial charge in [-0.25, -0.2) is 9.97 Å². The van der Waals surface area contributed by atoms with Crippen LogP contribution >= 0.6 is 11.3 Å². The molecule has 0 atom stereocenters. The number of thiophene rings is 1. The second-order valence-corrected chi connectivity index (χ2v) is 6.03. The van der Waals surface area contributed by atoms with Crippen LogP contribution in [0.1, 0.15) is 36.2 Å². The zero-order valence-electron chi connectivity index (χ0n) is 10.3. The molecule has 2 aromatic rings. The Kier molecular flexibility index (Phi) is 3.38. The third-order valence-corrected chi connectivity index (χ3v) is 3.87. The van der Waals surface area contributed by atoms with E-state index in [1.54, 1.807) is 12.5 Å². The van der Waals surface area contributed by atoms with Gasteiger partial charge in [-0.3, -0.25) is 0 Å². The smallest absolute Gasteiger partial charge is 0.115 e. The van der Waals surface area contributed by atoms with E-state index in [1.165, 1.54) is 9.75 Å². The van der Waals surface area contributed by atoms with Gasteiger partial charge in [-0.05, 0) is 35.8 Å². The van der Waals surface area contributed by atoms with E-state index in [1.807, 2.05) is 23.5 Å². The summed E-state index contributed by atoms with van der Waals surface area (Å²) in [6.45, 7) is 6.70. The molecule has 0 saturated carbocycles. The molecule has 0 radical (unpaired) electrons. The Labute approximate surface area is 106 Å². The van der Waals surface area contributed by atoms with Gasteiger partial charge >= 0.3 is 0 Å². The lowest BCUT2D eigenvalue weighted by Gasteiger charge is -2.15. The molecule has 0 fully saturated rings. The molecule has 0 saturated heterocycles. The second kappa shape index (κ2) is 4.80. The number of nitrogens with zero attached hydrogens (tertiary/aromatic N) is 2. The van der Waals surface area contributed by atoms with E-state index < -0.39 is 0 Å². The van der Waals surface area contributed by atoms with Gasteiger partial charge in [0.05, 0.1) is 5.69 Å². The fourth-order valence-corrected chi connectivity index (χ4v) is 2.38. The molecular weight excluding hydrogens is 228 g/mol. The predicted molar refractivity (Wildman–Crippen MR) is 74.0 cm³/mol.